The molecule has 158 valence electrons. The van der Waals surface area contributed by atoms with Gasteiger partial charge in [0.25, 0.3) is 5.91 Å². The Kier molecular flexibility index (Phi) is 6.02. The zero-order valence-electron chi connectivity index (χ0n) is 17.5. The highest BCUT2D eigenvalue weighted by Crippen LogP contribution is 2.36. The van der Waals surface area contributed by atoms with Crippen molar-refractivity contribution in [3.8, 4) is 11.1 Å². The van der Waals surface area contributed by atoms with Crippen LogP contribution in [-0.4, -0.2) is 51.3 Å². The summed E-state index contributed by atoms with van der Waals surface area (Å²) in [4.78, 5) is 39.9. The van der Waals surface area contributed by atoms with Gasteiger partial charge in [0.05, 0.1) is 11.6 Å². The summed E-state index contributed by atoms with van der Waals surface area (Å²) in [6.07, 6.45) is 9.26. The van der Waals surface area contributed by atoms with Crippen LogP contribution in [0.1, 0.15) is 29.4 Å². The fourth-order valence-corrected chi connectivity index (χ4v) is 4.11. The minimum absolute atomic E-state index is 0.0132. The highest BCUT2D eigenvalue weighted by atomic mass is 16.2. The van der Waals surface area contributed by atoms with E-state index in [2.05, 4.69) is 44.5 Å². The molecule has 2 aromatic heterocycles. The van der Waals surface area contributed by atoms with Crippen LogP contribution in [0.3, 0.4) is 0 Å². The molecule has 1 aliphatic rings. The molecule has 7 heteroatoms. The number of carbonyl (C=O) groups excluding carboxylic acids is 2. The van der Waals surface area contributed by atoms with Crippen molar-refractivity contribution in [3.63, 3.8) is 0 Å². The summed E-state index contributed by atoms with van der Waals surface area (Å²) >= 11 is 0. The number of carbonyl (C=O) groups is 2. The van der Waals surface area contributed by atoms with Crippen molar-refractivity contribution >= 4 is 11.8 Å². The Morgan fingerprint density at radius 3 is 2.52 bits per heavy atom. The van der Waals surface area contributed by atoms with Gasteiger partial charge in [-0.15, -0.1) is 0 Å². The van der Waals surface area contributed by atoms with Crippen LogP contribution < -0.4 is 5.32 Å². The maximum Gasteiger partial charge on any atom is 0.274 e. The third-order valence-electron chi connectivity index (χ3n) is 5.73. The Hall–Kier alpha value is -3.61. The summed E-state index contributed by atoms with van der Waals surface area (Å²) in [5, 5.41) is 2.97. The highest BCUT2D eigenvalue weighted by molar-refractivity contribution is 5.93. The van der Waals surface area contributed by atoms with Crippen molar-refractivity contribution in [2.75, 3.05) is 19.6 Å². The van der Waals surface area contributed by atoms with Crippen molar-refractivity contribution in [2.24, 2.45) is 5.41 Å². The Bertz CT molecular complexity index is 1040. The Balaban J connectivity index is 1.55. The molecule has 1 N–H and O–H groups in total. The van der Waals surface area contributed by atoms with Gasteiger partial charge in [0.2, 0.25) is 5.91 Å². The second-order valence-electron chi connectivity index (χ2n) is 7.82. The monoisotopic (exact) mass is 415 g/mol. The van der Waals surface area contributed by atoms with Gasteiger partial charge < -0.3 is 10.2 Å². The van der Waals surface area contributed by atoms with Crippen LogP contribution in [0, 0.1) is 5.41 Å². The van der Waals surface area contributed by atoms with Gasteiger partial charge in [-0.3, -0.25) is 19.6 Å². The van der Waals surface area contributed by atoms with E-state index in [0.717, 1.165) is 16.7 Å². The van der Waals surface area contributed by atoms with Gasteiger partial charge >= 0.3 is 0 Å². The van der Waals surface area contributed by atoms with Gasteiger partial charge in [0, 0.05) is 44.4 Å². The van der Waals surface area contributed by atoms with Gasteiger partial charge in [0.15, 0.2) is 0 Å². The fourth-order valence-electron chi connectivity index (χ4n) is 4.11. The number of nitrogens with zero attached hydrogens (tertiary/aromatic N) is 4. The number of rotatable bonds is 6. The molecule has 1 unspecified atom stereocenters. The van der Waals surface area contributed by atoms with Crippen molar-refractivity contribution < 1.29 is 9.59 Å². The molecule has 0 aliphatic carbocycles. The summed E-state index contributed by atoms with van der Waals surface area (Å²) < 4.78 is 0. The van der Waals surface area contributed by atoms with Crippen LogP contribution in [-0.2, 0) is 11.2 Å². The molecule has 0 saturated carbocycles. The van der Waals surface area contributed by atoms with Crippen LogP contribution in [0.15, 0.2) is 67.4 Å². The molecular formula is C24H25N5O2. The minimum atomic E-state index is -0.663. The second kappa shape index (κ2) is 9.04. The molecule has 1 aliphatic heterocycles. The van der Waals surface area contributed by atoms with Crippen LogP contribution in [0.4, 0.5) is 0 Å². The standard InChI is InChI=1S/C24H25N5O2/c1-2-27-23(31)24(9-13-29(17-24)22(30)21-16-26-11-12-28-21)14-18-5-7-19(8-6-18)20-4-3-10-25-15-20/h3-8,10-12,15-16H,2,9,13-14,17H2,1H3,(H,27,31). The maximum atomic E-state index is 13.1. The van der Waals surface area contributed by atoms with Crippen molar-refractivity contribution in [3.05, 3.63) is 78.6 Å². The fraction of sp³-hybridized carbons (Fsp3) is 0.292. The SMILES string of the molecule is CCNC(=O)C1(Cc2ccc(-c3cccnc3)cc2)CCN(C(=O)c2cnccn2)C1. The zero-order chi connectivity index (χ0) is 21.7. The van der Waals surface area contributed by atoms with Gasteiger partial charge in [-0.05, 0) is 42.5 Å². The smallest absolute Gasteiger partial charge is 0.274 e. The number of amides is 2. The number of pyridine rings is 1. The lowest BCUT2D eigenvalue weighted by Gasteiger charge is -2.28. The molecule has 0 radical (unpaired) electrons. The van der Waals surface area contributed by atoms with E-state index in [4.69, 9.17) is 0 Å². The average molecular weight is 415 g/mol. The van der Waals surface area contributed by atoms with Crippen molar-refractivity contribution in [1.29, 1.82) is 0 Å². The summed E-state index contributed by atoms with van der Waals surface area (Å²) in [6, 6.07) is 12.1. The van der Waals surface area contributed by atoms with Gasteiger partial charge in [0.1, 0.15) is 5.69 Å². The second-order valence-corrected chi connectivity index (χ2v) is 7.82. The van der Waals surface area contributed by atoms with Crippen molar-refractivity contribution in [1.82, 2.24) is 25.2 Å². The van der Waals surface area contributed by atoms with Gasteiger partial charge in [-0.2, -0.15) is 0 Å². The highest BCUT2D eigenvalue weighted by Gasteiger charge is 2.46. The lowest BCUT2D eigenvalue weighted by atomic mass is 9.79. The van der Waals surface area contributed by atoms with Crippen molar-refractivity contribution in [2.45, 2.75) is 19.8 Å². The molecule has 0 bridgehead atoms. The normalized spacial score (nSPS) is 18.0. The number of hydrogen-bond acceptors (Lipinski definition) is 5. The summed E-state index contributed by atoms with van der Waals surface area (Å²) in [5.74, 6) is -0.202. The first-order chi connectivity index (χ1) is 15.1. The molecule has 1 aromatic carbocycles. The van der Waals surface area contributed by atoms with Crippen LogP contribution >= 0.6 is 0 Å². The van der Waals surface area contributed by atoms with E-state index in [1.165, 1.54) is 18.6 Å². The molecule has 0 spiro atoms. The summed E-state index contributed by atoms with van der Waals surface area (Å²) in [6.45, 7) is 3.34. The maximum absolute atomic E-state index is 13.1. The molecule has 1 fully saturated rings. The number of benzene rings is 1. The Labute approximate surface area is 181 Å². The van der Waals surface area contributed by atoms with E-state index in [9.17, 15) is 9.59 Å². The average Bonchev–Trinajstić information content (AvgIpc) is 3.26. The molecule has 31 heavy (non-hydrogen) atoms. The van der Waals surface area contributed by atoms with Crippen LogP contribution in [0.5, 0.6) is 0 Å². The Morgan fingerprint density at radius 2 is 1.84 bits per heavy atom. The molecule has 1 saturated heterocycles. The van der Waals surface area contributed by atoms with Crippen LogP contribution in [0.2, 0.25) is 0 Å². The number of aromatic nitrogens is 3. The quantitative estimate of drug-likeness (QED) is 0.669. The summed E-state index contributed by atoms with van der Waals surface area (Å²) in [5.41, 5.74) is 2.83. The largest absolute Gasteiger partial charge is 0.356 e. The first kappa shape index (κ1) is 20.7. The van der Waals surface area contributed by atoms with E-state index < -0.39 is 5.41 Å². The van der Waals surface area contributed by atoms with Gasteiger partial charge in [-0.1, -0.05) is 30.3 Å². The third-order valence-corrected chi connectivity index (χ3v) is 5.73. The zero-order valence-corrected chi connectivity index (χ0v) is 17.5. The predicted molar refractivity (Wildman–Crippen MR) is 117 cm³/mol. The minimum Gasteiger partial charge on any atom is -0.356 e. The molecule has 1 atom stereocenters. The van der Waals surface area contributed by atoms with E-state index in [1.807, 2.05) is 25.3 Å². The first-order valence-corrected chi connectivity index (χ1v) is 10.4. The van der Waals surface area contributed by atoms with E-state index >= 15 is 0 Å². The first-order valence-electron chi connectivity index (χ1n) is 10.4. The number of hydrogen-bond donors (Lipinski definition) is 1. The predicted octanol–water partition coefficient (Wildman–Crippen LogP) is 2.75. The van der Waals surface area contributed by atoms with Gasteiger partial charge in [-0.25, -0.2) is 4.98 Å². The topological polar surface area (TPSA) is 88.1 Å². The molecule has 7 nitrogen and oxygen atoms in total. The van der Waals surface area contributed by atoms with E-state index in [0.29, 0.717) is 38.2 Å². The molecular weight excluding hydrogens is 390 g/mol. The molecule has 2 amide bonds. The number of likely N-dealkylation sites (tertiary alicyclic amines) is 1. The van der Waals surface area contributed by atoms with E-state index in [-0.39, 0.29) is 11.8 Å². The third kappa shape index (κ3) is 4.45. The van der Waals surface area contributed by atoms with Crippen LogP contribution in [0.25, 0.3) is 11.1 Å². The number of nitrogens with one attached hydrogen (secondary N) is 1. The lowest BCUT2D eigenvalue weighted by Crippen LogP contribution is -2.45. The summed E-state index contributed by atoms with van der Waals surface area (Å²) in [7, 11) is 0. The molecule has 3 heterocycles. The Morgan fingerprint density at radius 1 is 1.03 bits per heavy atom. The van der Waals surface area contributed by atoms with E-state index in [1.54, 1.807) is 11.1 Å². The molecule has 3 aromatic rings. The lowest BCUT2D eigenvalue weighted by molar-refractivity contribution is -0.130. The molecule has 4 rings (SSSR count).